The van der Waals surface area contributed by atoms with Gasteiger partial charge in [-0.2, -0.15) is 13.7 Å². The second kappa shape index (κ2) is 10.1. The van der Waals surface area contributed by atoms with Gasteiger partial charge in [-0.05, 0) is 36.6 Å². The third-order valence-electron chi connectivity index (χ3n) is 3.72. The minimum Gasteiger partial charge on any atom is -0.270 e. The number of nitriles is 1. The number of azide groups is 1. The van der Waals surface area contributed by atoms with Gasteiger partial charge in [-0.3, -0.25) is 4.18 Å². The smallest absolute Gasteiger partial charge is 0.264 e. The number of benzene rings is 1. The summed E-state index contributed by atoms with van der Waals surface area (Å²) in [6, 6.07) is 14.4. The van der Waals surface area contributed by atoms with Crippen LogP contribution in [0.2, 0.25) is 0 Å². The summed E-state index contributed by atoms with van der Waals surface area (Å²) >= 11 is 1.37. The third-order valence-corrected chi connectivity index (χ3v) is 5.57. The Kier molecular flexibility index (Phi) is 7.84. The fourth-order valence-electron chi connectivity index (χ4n) is 2.43. The van der Waals surface area contributed by atoms with Gasteiger partial charge >= 0.3 is 0 Å². The molecule has 0 aliphatic carbocycles. The lowest BCUT2D eigenvalue weighted by Gasteiger charge is -2.21. The number of hydrogen-bond donors (Lipinski definition) is 0. The lowest BCUT2D eigenvalue weighted by molar-refractivity contribution is 0.288. The van der Waals surface area contributed by atoms with Crippen molar-refractivity contribution in [1.29, 1.82) is 5.26 Å². The molecule has 28 heavy (non-hydrogen) atoms. The number of hydrogen-bond acceptors (Lipinski definition) is 7. The molecule has 0 unspecified atom stereocenters. The van der Waals surface area contributed by atoms with Crippen molar-refractivity contribution in [3.05, 3.63) is 69.7 Å². The normalized spacial score (nSPS) is 13.2. The summed E-state index contributed by atoms with van der Waals surface area (Å²) in [5, 5.41) is 13.4. The maximum atomic E-state index is 11.3. The molecule has 0 amide bonds. The molecule has 0 N–H and O–H groups in total. The van der Waals surface area contributed by atoms with Crippen molar-refractivity contribution in [2.24, 2.45) is 5.11 Å². The molecular weight excluding hydrogens is 398 g/mol. The first-order valence-electron chi connectivity index (χ1n) is 8.30. The molecule has 2 atom stereocenters. The average molecular weight is 418 g/mol. The SMILES string of the molecule is Cc1ccc(C#N)c(S[C@H](C[C@@H](COS(C)(=O)=O)N=[N+]=[N-])c2ccccc2)n1. The fourth-order valence-corrected chi connectivity index (χ4v) is 4.16. The highest BCUT2D eigenvalue weighted by atomic mass is 32.2. The highest BCUT2D eigenvalue weighted by molar-refractivity contribution is 7.99. The summed E-state index contributed by atoms with van der Waals surface area (Å²) in [6.07, 6.45) is 1.26. The minimum atomic E-state index is -3.66. The number of thioether (sulfide) groups is 1. The van der Waals surface area contributed by atoms with E-state index in [0.29, 0.717) is 17.0 Å². The van der Waals surface area contributed by atoms with Crippen molar-refractivity contribution in [3.63, 3.8) is 0 Å². The average Bonchev–Trinajstić information content (AvgIpc) is 2.66. The van der Waals surface area contributed by atoms with E-state index < -0.39 is 16.2 Å². The monoisotopic (exact) mass is 417 g/mol. The van der Waals surface area contributed by atoms with Gasteiger partial charge in [-0.25, -0.2) is 4.98 Å². The first kappa shape index (κ1) is 21.7. The predicted octanol–water partition coefficient (Wildman–Crippen LogP) is 4.14. The molecular formula is C18H19N5O3S2. The lowest BCUT2D eigenvalue weighted by atomic mass is 10.1. The van der Waals surface area contributed by atoms with E-state index in [-0.39, 0.29) is 11.9 Å². The van der Waals surface area contributed by atoms with E-state index in [2.05, 4.69) is 21.1 Å². The Morgan fingerprint density at radius 1 is 1.32 bits per heavy atom. The van der Waals surface area contributed by atoms with Crippen LogP contribution in [-0.4, -0.2) is 32.3 Å². The van der Waals surface area contributed by atoms with Crippen LogP contribution >= 0.6 is 11.8 Å². The summed E-state index contributed by atoms with van der Waals surface area (Å²) in [6.45, 7) is 1.59. The Bertz CT molecular complexity index is 1000. The highest BCUT2D eigenvalue weighted by Crippen LogP contribution is 2.39. The Morgan fingerprint density at radius 3 is 2.64 bits per heavy atom. The number of pyridine rings is 1. The van der Waals surface area contributed by atoms with E-state index in [1.165, 1.54) is 11.8 Å². The maximum absolute atomic E-state index is 11.3. The molecule has 0 aliphatic rings. The van der Waals surface area contributed by atoms with Crippen molar-refractivity contribution in [3.8, 4) is 6.07 Å². The van der Waals surface area contributed by atoms with Crippen molar-refractivity contribution in [2.45, 2.75) is 29.7 Å². The van der Waals surface area contributed by atoms with Crippen LogP contribution in [0.5, 0.6) is 0 Å². The van der Waals surface area contributed by atoms with Crippen molar-refractivity contribution in [2.75, 3.05) is 12.9 Å². The summed E-state index contributed by atoms with van der Waals surface area (Å²) in [5.41, 5.74) is 11.0. The van der Waals surface area contributed by atoms with Crippen LogP contribution in [0.4, 0.5) is 0 Å². The molecule has 0 spiro atoms. The van der Waals surface area contributed by atoms with E-state index in [9.17, 15) is 13.7 Å². The molecule has 2 aromatic rings. The summed E-state index contributed by atoms with van der Waals surface area (Å²) in [7, 11) is -3.66. The van der Waals surface area contributed by atoms with Crippen LogP contribution in [0.1, 0.15) is 28.5 Å². The predicted molar refractivity (Wildman–Crippen MR) is 107 cm³/mol. The Hall–Kier alpha value is -2.57. The second-order valence-electron chi connectivity index (χ2n) is 6.02. The molecule has 1 aromatic heterocycles. The van der Waals surface area contributed by atoms with Crippen LogP contribution in [0, 0.1) is 18.3 Å². The molecule has 0 radical (unpaired) electrons. The first-order valence-corrected chi connectivity index (χ1v) is 11.0. The van der Waals surface area contributed by atoms with Crippen LogP contribution in [0.25, 0.3) is 10.4 Å². The molecule has 0 fully saturated rings. The molecule has 0 saturated heterocycles. The molecule has 1 heterocycles. The number of aromatic nitrogens is 1. The van der Waals surface area contributed by atoms with E-state index in [1.54, 1.807) is 12.1 Å². The van der Waals surface area contributed by atoms with E-state index >= 15 is 0 Å². The second-order valence-corrected chi connectivity index (χ2v) is 8.85. The van der Waals surface area contributed by atoms with Crippen molar-refractivity contribution >= 4 is 21.9 Å². The quantitative estimate of drug-likeness (QED) is 0.198. The fraction of sp³-hybridized carbons (Fsp3) is 0.333. The molecule has 0 bridgehead atoms. The van der Waals surface area contributed by atoms with Gasteiger partial charge in [0.25, 0.3) is 10.1 Å². The number of rotatable bonds is 9. The Labute approximate surface area is 168 Å². The van der Waals surface area contributed by atoms with E-state index in [0.717, 1.165) is 17.5 Å². The highest BCUT2D eigenvalue weighted by Gasteiger charge is 2.22. The Balaban J connectivity index is 2.33. The zero-order valence-corrected chi connectivity index (χ0v) is 17.0. The topological polar surface area (TPSA) is 129 Å². The van der Waals surface area contributed by atoms with Gasteiger partial charge in [0.2, 0.25) is 0 Å². The first-order chi connectivity index (χ1) is 13.3. The van der Waals surface area contributed by atoms with Crippen molar-refractivity contribution in [1.82, 2.24) is 4.98 Å². The van der Waals surface area contributed by atoms with Gasteiger partial charge in [-0.15, -0.1) is 0 Å². The molecule has 0 saturated carbocycles. The zero-order valence-electron chi connectivity index (χ0n) is 15.4. The van der Waals surface area contributed by atoms with Crippen LogP contribution in [-0.2, 0) is 14.3 Å². The van der Waals surface area contributed by atoms with Crippen LogP contribution < -0.4 is 0 Å². The van der Waals surface area contributed by atoms with E-state index in [4.69, 9.17) is 9.71 Å². The molecule has 1 aromatic carbocycles. The van der Waals surface area contributed by atoms with Gasteiger partial charge in [0.1, 0.15) is 11.1 Å². The van der Waals surface area contributed by atoms with Gasteiger partial charge in [0, 0.05) is 15.9 Å². The molecule has 8 nitrogen and oxygen atoms in total. The Morgan fingerprint density at radius 2 is 2.04 bits per heavy atom. The number of nitrogens with zero attached hydrogens (tertiary/aromatic N) is 5. The standard InChI is InChI=1S/C18H19N5O3S2/c1-13-8-9-15(11-19)18(21-13)27-17(14-6-4-3-5-7-14)10-16(22-23-20)12-26-28(2,24)25/h3-9,16-17H,10,12H2,1-2H3/t16-,17+/m0/s1. The number of aryl methyl sites for hydroxylation is 1. The summed E-state index contributed by atoms with van der Waals surface area (Å²) in [5.74, 6) is 0. The van der Waals surface area contributed by atoms with Crippen LogP contribution in [0.15, 0.2) is 52.6 Å². The maximum Gasteiger partial charge on any atom is 0.264 e. The molecule has 2 rings (SSSR count). The third kappa shape index (κ3) is 6.87. The van der Waals surface area contributed by atoms with E-state index in [1.807, 2.05) is 37.3 Å². The van der Waals surface area contributed by atoms with Crippen molar-refractivity contribution < 1.29 is 12.6 Å². The van der Waals surface area contributed by atoms with Gasteiger partial charge in [-0.1, -0.05) is 47.2 Å². The molecule has 0 aliphatic heterocycles. The minimum absolute atomic E-state index is 0.221. The van der Waals surface area contributed by atoms with Gasteiger partial charge in [0.05, 0.1) is 24.5 Å². The largest absolute Gasteiger partial charge is 0.270 e. The van der Waals surface area contributed by atoms with Crippen LogP contribution in [0.3, 0.4) is 0 Å². The van der Waals surface area contributed by atoms with Gasteiger partial charge < -0.3 is 0 Å². The lowest BCUT2D eigenvalue weighted by Crippen LogP contribution is -2.18. The summed E-state index contributed by atoms with van der Waals surface area (Å²) in [4.78, 5) is 7.27. The molecule has 146 valence electrons. The van der Waals surface area contributed by atoms with Gasteiger partial charge in [0.15, 0.2) is 0 Å². The zero-order chi connectivity index (χ0) is 20.6. The molecule has 10 heteroatoms. The summed E-state index contributed by atoms with van der Waals surface area (Å²) < 4.78 is 27.4.